The predicted molar refractivity (Wildman–Crippen MR) is 86.7 cm³/mol. The minimum atomic E-state index is -0.271. The van der Waals surface area contributed by atoms with Crippen LogP contribution in [0, 0.1) is 0 Å². The van der Waals surface area contributed by atoms with Gasteiger partial charge in [-0.1, -0.05) is 30.3 Å². The Labute approximate surface area is 131 Å². The number of phenols is 2. The summed E-state index contributed by atoms with van der Waals surface area (Å²) in [6.07, 6.45) is 1.54. The van der Waals surface area contributed by atoms with E-state index in [2.05, 4.69) is 0 Å². The highest BCUT2D eigenvalue weighted by Crippen LogP contribution is 2.36. The molecule has 0 fully saturated rings. The number of rotatable bonds is 1. The summed E-state index contributed by atoms with van der Waals surface area (Å²) in [7, 11) is 0. The molecule has 0 saturated carbocycles. The molecule has 4 rings (SSSR count). The number of fused-ring (bicyclic) bond motifs is 2. The zero-order chi connectivity index (χ0) is 16.0. The predicted octanol–water partition coefficient (Wildman–Crippen LogP) is 3.87. The van der Waals surface area contributed by atoms with Crippen LogP contribution in [0.25, 0.3) is 16.8 Å². The summed E-state index contributed by atoms with van der Waals surface area (Å²) in [6.45, 7) is 0. The normalized spacial score (nSPS) is 15.0. The van der Waals surface area contributed by atoms with Gasteiger partial charge < -0.3 is 14.9 Å². The third kappa shape index (κ3) is 2.12. The van der Waals surface area contributed by atoms with Crippen LogP contribution in [-0.2, 0) is 0 Å². The van der Waals surface area contributed by atoms with Crippen LogP contribution in [0.5, 0.6) is 17.2 Å². The number of hydrogen-bond donors (Lipinski definition) is 2. The standard InChI is InChI=1S/C19H12O4/c20-12-6-7-14-17(9-12)23-18(19(14)22)10-15-13-4-2-1-3-11(13)5-8-16(15)21/h1-10,20-21H. The average molecular weight is 304 g/mol. The minimum Gasteiger partial charge on any atom is -0.508 e. The number of ether oxygens (including phenoxy) is 1. The lowest BCUT2D eigenvalue weighted by molar-refractivity contribution is 0.101. The molecule has 4 heteroatoms. The molecular weight excluding hydrogens is 292 g/mol. The van der Waals surface area contributed by atoms with E-state index in [1.165, 1.54) is 24.3 Å². The number of allylic oxidation sites excluding steroid dienone is 1. The largest absolute Gasteiger partial charge is 0.508 e. The van der Waals surface area contributed by atoms with Crippen molar-refractivity contribution in [1.29, 1.82) is 0 Å². The zero-order valence-electron chi connectivity index (χ0n) is 12.0. The van der Waals surface area contributed by atoms with E-state index in [4.69, 9.17) is 4.74 Å². The van der Waals surface area contributed by atoms with Crippen molar-refractivity contribution >= 4 is 22.6 Å². The maximum atomic E-state index is 12.4. The number of carbonyl (C=O) groups is 1. The maximum absolute atomic E-state index is 12.4. The van der Waals surface area contributed by atoms with Gasteiger partial charge in [0.05, 0.1) is 5.56 Å². The highest BCUT2D eigenvalue weighted by atomic mass is 16.5. The van der Waals surface area contributed by atoms with Gasteiger partial charge in [0.2, 0.25) is 5.78 Å². The fraction of sp³-hybridized carbons (Fsp3) is 0. The molecule has 0 bridgehead atoms. The Morgan fingerprint density at radius 3 is 2.65 bits per heavy atom. The number of hydrogen-bond acceptors (Lipinski definition) is 4. The molecule has 1 aliphatic heterocycles. The molecule has 1 aliphatic rings. The van der Waals surface area contributed by atoms with Crippen molar-refractivity contribution in [3.05, 3.63) is 71.5 Å². The van der Waals surface area contributed by atoms with E-state index in [0.717, 1.165) is 10.8 Å². The molecule has 0 atom stereocenters. The first-order chi connectivity index (χ1) is 11.1. The van der Waals surface area contributed by atoms with Gasteiger partial charge >= 0.3 is 0 Å². The van der Waals surface area contributed by atoms with E-state index in [9.17, 15) is 15.0 Å². The van der Waals surface area contributed by atoms with Crippen molar-refractivity contribution in [3.8, 4) is 17.2 Å². The third-order valence-corrected chi connectivity index (χ3v) is 3.88. The number of benzene rings is 3. The fourth-order valence-electron chi connectivity index (χ4n) is 2.74. The summed E-state index contributed by atoms with van der Waals surface area (Å²) in [4.78, 5) is 12.4. The lowest BCUT2D eigenvalue weighted by Gasteiger charge is -2.06. The average Bonchev–Trinajstić information content (AvgIpc) is 2.85. The minimum absolute atomic E-state index is 0.0332. The molecule has 4 nitrogen and oxygen atoms in total. The van der Waals surface area contributed by atoms with Gasteiger partial charge in [-0.25, -0.2) is 0 Å². The first-order valence-electron chi connectivity index (χ1n) is 7.11. The first kappa shape index (κ1) is 13.4. The summed E-state index contributed by atoms with van der Waals surface area (Å²) in [5, 5.41) is 21.4. The molecule has 0 spiro atoms. The van der Waals surface area contributed by atoms with E-state index in [0.29, 0.717) is 16.9 Å². The quantitative estimate of drug-likeness (QED) is 0.670. The second-order valence-electron chi connectivity index (χ2n) is 5.34. The second-order valence-corrected chi connectivity index (χ2v) is 5.34. The van der Waals surface area contributed by atoms with E-state index in [1.54, 1.807) is 6.07 Å². The highest BCUT2D eigenvalue weighted by Gasteiger charge is 2.28. The van der Waals surface area contributed by atoms with E-state index in [-0.39, 0.29) is 23.0 Å². The van der Waals surface area contributed by atoms with Crippen molar-refractivity contribution in [1.82, 2.24) is 0 Å². The van der Waals surface area contributed by atoms with Gasteiger partial charge in [-0.2, -0.15) is 0 Å². The van der Waals surface area contributed by atoms with Crippen molar-refractivity contribution in [2.45, 2.75) is 0 Å². The van der Waals surface area contributed by atoms with Crippen molar-refractivity contribution in [3.63, 3.8) is 0 Å². The van der Waals surface area contributed by atoms with Gasteiger partial charge in [0.1, 0.15) is 17.2 Å². The van der Waals surface area contributed by atoms with Gasteiger partial charge in [0.25, 0.3) is 0 Å². The molecule has 0 aromatic heterocycles. The van der Waals surface area contributed by atoms with Crippen LogP contribution in [-0.4, -0.2) is 16.0 Å². The summed E-state index contributed by atoms with van der Waals surface area (Å²) < 4.78 is 5.55. The SMILES string of the molecule is O=C1C(=Cc2c(O)ccc3ccccc23)Oc2cc(O)ccc21. The third-order valence-electron chi connectivity index (χ3n) is 3.88. The molecule has 3 aromatic carbocycles. The van der Waals surface area contributed by atoms with Gasteiger partial charge in [-0.15, -0.1) is 0 Å². The van der Waals surface area contributed by atoms with Crippen LogP contribution < -0.4 is 4.74 Å². The molecule has 112 valence electrons. The molecule has 2 N–H and O–H groups in total. The molecule has 3 aromatic rings. The van der Waals surface area contributed by atoms with Gasteiger partial charge in [0, 0.05) is 11.6 Å². The molecule has 0 saturated heterocycles. The van der Waals surface area contributed by atoms with Crippen LogP contribution in [0.2, 0.25) is 0 Å². The number of carbonyl (C=O) groups excluding carboxylic acids is 1. The van der Waals surface area contributed by atoms with E-state index < -0.39 is 0 Å². The Hall–Kier alpha value is -3.27. The summed E-state index contributed by atoms with van der Waals surface area (Å²) in [6, 6.07) is 15.4. The highest BCUT2D eigenvalue weighted by molar-refractivity contribution is 6.15. The van der Waals surface area contributed by atoms with Gasteiger partial charge in [0.15, 0.2) is 5.76 Å². The Kier molecular flexibility index (Phi) is 2.84. The lowest BCUT2D eigenvalue weighted by Crippen LogP contribution is -1.98. The van der Waals surface area contributed by atoms with E-state index in [1.807, 2.05) is 30.3 Å². The lowest BCUT2D eigenvalue weighted by atomic mass is 10.0. The summed E-state index contributed by atoms with van der Waals surface area (Å²) >= 11 is 0. The van der Waals surface area contributed by atoms with Crippen molar-refractivity contribution < 1.29 is 19.7 Å². The Balaban J connectivity index is 1.87. The van der Waals surface area contributed by atoms with E-state index >= 15 is 0 Å². The van der Waals surface area contributed by atoms with Crippen molar-refractivity contribution in [2.75, 3.05) is 0 Å². The summed E-state index contributed by atoms with van der Waals surface area (Å²) in [5.74, 6) is 0.280. The smallest absolute Gasteiger partial charge is 0.231 e. The molecule has 0 unspecified atom stereocenters. The zero-order valence-corrected chi connectivity index (χ0v) is 12.0. The van der Waals surface area contributed by atoms with Crippen LogP contribution in [0.4, 0.5) is 0 Å². The number of aromatic hydroxyl groups is 2. The fourth-order valence-corrected chi connectivity index (χ4v) is 2.74. The Bertz CT molecular complexity index is 986. The first-order valence-corrected chi connectivity index (χ1v) is 7.11. The Morgan fingerprint density at radius 2 is 1.78 bits per heavy atom. The molecular formula is C19H12O4. The number of ketones is 1. The van der Waals surface area contributed by atoms with Crippen LogP contribution in [0.15, 0.2) is 60.4 Å². The Morgan fingerprint density at radius 1 is 0.957 bits per heavy atom. The molecule has 1 heterocycles. The van der Waals surface area contributed by atoms with Crippen LogP contribution in [0.1, 0.15) is 15.9 Å². The van der Waals surface area contributed by atoms with Gasteiger partial charge in [-0.05, 0) is 35.0 Å². The van der Waals surface area contributed by atoms with Crippen LogP contribution in [0.3, 0.4) is 0 Å². The molecule has 23 heavy (non-hydrogen) atoms. The number of phenolic OH excluding ortho intramolecular Hbond substituents is 2. The molecule has 0 amide bonds. The van der Waals surface area contributed by atoms with Crippen molar-refractivity contribution in [2.24, 2.45) is 0 Å². The summed E-state index contributed by atoms with van der Waals surface area (Å²) in [5.41, 5.74) is 0.928. The topological polar surface area (TPSA) is 66.8 Å². The maximum Gasteiger partial charge on any atom is 0.231 e. The molecule has 0 aliphatic carbocycles. The molecule has 0 radical (unpaired) electrons. The monoisotopic (exact) mass is 304 g/mol. The number of Topliss-reactive ketones (excluding diaryl/α,β-unsaturated/α-hetero) is 1. The second kappa shape index (κ2) is 4.88. The van der Waals surface area contributed by atoms with Crippen LogP contribution >= 0.6 is 0 Å². The van der Waals surface area contributed by atoms with Gasteiger partial charge in [-0.3, -0.25) is 4.79 Å².